The molecule has 10 aromatic rings. The Hall–Kier alpha value is -8.41. The number of hydrogen-bond donors (Lipinski definition) is 0. The Balaban J connectivity index is 1.15. The van der Waals surface area contributed by atoms with E-state index in [1.165, 1.54) is 0 Å². The molecule has 0 fully saturated rings. The predicted octanol–water partition coefficient (Wildman–Crippen LogP) is 14.5. The molecule has 0 saturated heterocycles. The number of hydrogen-bond acceptors (Lipinski definition) is 5. The van der Waals surface area contributed by atoms with Crippen molar-refractivity contribution in [3.63, 3.8) is 0 Å². The number of para-hydroxylation sites is 4. The molecular formula is C61H43N3O2. The lowest BCUT2D eigenvalue weighted by Gasteiger charge is -2.42. The maximum absolute atomic E-state index is 7.13. The second kappa shape index (κ2) is 15.7. The van der Waals surface area contributed by atoms with E-state index in [1.54, 1.807) is 0 Å². The number of ether oxygens (including phenoxy) is 2. The zero-order chi connectivity index (χ0) is 44.2. The summed E-state index contributed by atoms with van der Waals surface area (Å²) in [7, 11) is 0. The van der Waals surface area contributed by atoms with Crippen molar-refractivity contribution >= 4 is 0 Å². The van der Waals surface area contributed by atoms with E-state index in [0.29, 0.717) is 29.0 Å². The second-order valence-electron chi connectivity index (χ2n) is 17.1. The first kappa shape index (κ1) is 39.2. The third kappa shape index (κ3) is 5.90. The second-order valence-corrected chi connectivity index (χ2v) is 17.1. The highest BCUT2D eigenvalue weighted by atomic mass is 16.5. The van der Waals surface area contributed by atoms with Gasteiger partial charge in [-0.3, -0.25) is 0 Å². The number of rotatable bonds is 7. The van der Waals surface area contributed by atoms with Gasteiger partial charge in [0.25, 0.3) is 0 Å². The van der Waals surface area contributed by atoms with Crippen LogP contribution < -0.4 is 9.47 Å². The normalized spacial score (nSPS) is 13.8. The quantitative estimate of drug-likeness (QED) is 0.160. The largest absolute Gasteiger partial charge is 0.456 e. The minimum absolute atomic E-state index is 0.495. The van der Waals surface area contributed by atoms with Crippen LogP contribution in [-0.2, 0) is 10.8 Å². The summed E-state index contributed by atoms with van der Waals surface area (Å²) in [5.74, 6) is 4.50. The number of fused-ring (bicyclic) bond motifs is 4. The highest BCUT2D eigenvalue weighted by Gasteiger charge is 2.48. The van der Waals surface area contributed by atoms with Crippen LogP contribution in [0.25, 0.3) is 34.2 Å². The van der Waals surface area contributed by atoms with E-state index in [2.05, 4.69) is 226 Å². The van der Waals surface area contributed by atoms with E-state index < -0.39 is 10.8 Å². The third-order valence-corrected chi connectivity index (χ3v) is 13.5. The zero-order valence-corrected chi connectivity index (χ0v) is 36.5. The molecule has 0 saturated carbocycles. The summed E-state index contributed by atoms with van der Waals surface area (Å²) in [5.41, 5.74) is 11.8. The van der Waals surface area contributed by atoms with E-state index in [1.807, 2.05) is 12.1 Å². The van der Waals surface area contributed by atoms with E-state index in [0.717, 1.165) is 83.8 Å². The van der Waals surface area contributed by atoms with Crippen molar-refractivity contribution in [2.24, 2.45) is 0 Å². The Labute approximate surface area is 384 Å². The van der Waals surface area contributed by atoms with Crippen LogP contribution in [-0.4, -0.2) is 15.0 Å². The Kier molecular flexibility index (Phi) is 9.32. The fraction of sp³-hybridized carbons (Fsp3) is 0.0656. The number of aromatic nitrogens is 3. The molecule has 66 heavy (non-hydrogen) atoms. The van der Waals surface area contributed by atoms with E-state index in [9.17, 15) is 0 Å². The molecule has 12 rings (SSSR count). The Morgan fingerprint density at radius 1 is 0.303 bits per heavy atom. The SMILES string of the molecule is Cc1cccc(C)c1-c1nc(-c2cccc3c2Oc2ccccc2C3(c2ccccc2)c2ccccc2)nc(-c2cccc3c2Oc2ccccc2C3(c2ccccc2)c2ccccc2)n1. The van der Waals surface area contributed by atoms with Crippen molar-refractivity contribution < 1.29 is 9.47 Å². The molecule has 3 heterocycles. The van der Waals surface area contributed by atoms with Gasteiger partial charge in [0.1, 0.15) is 23.0 Å². The summed E-state index contributed by atoms with van der Waals surface area (Å²) in [6.07, 6.45) is 0. The van der Waals surface area contributed by atoms with Crippen molar-refractivity contribution in [2.45, 2.75) is 24.7 Å². The lowest BCUT2D eigenvalue weighted by molar-refractivity contribution is 0.435. The Morgan fingerprint density at radius 3 is 1.02 bits per heavy atom. The first-order valence-corrected chi connectivity index (χ1v) is 22.4. The van der Waals surface area contributed by atoms with E-state index >= 15 is 0 Å². The molecule has 0 N–H and O–H groups in total. The standard InChI is InChI=1S/C61H43N3O2/c1-40-22-19-23-41(2)54(40)59-63-57(46-32-20-36-50-55(46)65-52-38-17-15-34-48(52)60(50,42-24-7-3-8-25-42)43-26-9-4-10-27-43)62-58(64-59)47-33-21-37-51-56(47)66-53-39-18-16-35-49(53)61(51,44-28-11-5-12-29-44)45-30-13-6-14-31-45/h3-39H,1-2H3. The van der Waals surface area contributed by atoms with Gasteiger partial charge in [0.15, 0.2) is 17.5 Å². The first-order chi connectivity index (χ1) is 32.6. The molecule has 0 amide bonds. The lowest BCUT2D eigenvalue weighted by atomic mass is 9.63. The molecule has 5 nitrogen and oxygen atoms in total. The van der Waals surface area contributed by atoms with Gasteiger partial charge >= 0.3 is 0 Å². The van der Waals surface area contributed by atoms with Crippen molar-refractivity contribution in [3.05, 3.63) is 280 Å². The van der Waals surface area contributed by atoms with Gasteiger partial charge in [0.05, 0.1) is 22.0 Å². The molecule has 5 heteroatoms. The number of nitrogens with zero attached hydrogens (tertiary/aromatic N) is 3. The van der Waals surface area contributed by atoms with Crippen LogP contribution in [0.15, 0.2) is 224 Å². The maximum atomic E-state index is 7.13. The minimum Gasteiger partial charge on any atom is -0.456 e. The predicted molar refractivity (Wildman–Crippen MR) is 262 cm³/mol. The molecule has 0 aliphatic carbocycles. The first-order valence-electron chi connectivity index (χ1n) is 22.4. The van der Waals surface area contributed by atoms with Gasteiger partial charge < -0.3 is 9.47 Å². The highest BCUT2D eigenvalue weighted by molar-refractivity contribution is 5.82. The molecule has 1 aromatic heterocycles. The van der Waals surface area contributed by atoms with Crippen molar-refractivity contribution in [3.8, 4) is 57.2 Å². The summed E-state index contributed by atoms with van der Waals surface area (Å²) >= 11 is 0. The van der Waals surface area contributed by atoms with Crippen LogP contribution >= 0.6 is 0 Å². The van der Waals surface area contributed by atoms with Gasteiger partial charge in [-0.25, -0.2) is 15.0 Å². The van der Waals surface area contributed by atoms with Gasteiger partial charge in [-0.2, -0.15) is 0 Å². The third-order valence-electron chi connectivity index (χ3n) is 13.5. The fourth-order valence-corrected chi connectivity index (χ4v) is 10.7. The van der Waals surface area contributed by atoms with Crippen LogP contribution in [0.2, 0.25) is 0 Å². The van der Waals surface area contributed by atoms with Gasteiger partial charge in [0.2, 0.25) is 0 Å². The van der Waals surface area contributed by atoms with Gasteiger partial charge in [-0.1, -0.05) is 200 Å². The average molecular weight is 850 g/mol. The maximum Gasteiger partial charge on any atom is 0.167 e. The van der Waals surface area contributed by atoms with E-state index in [-0.39, 0.29) is 0 Å². The van der Waals surface area contributed by atoms with Crippen molar-refractivity contribution in [2.75, 3.05) is 0 Å². The molecule has 0 unspecified atom stereocenters. The molecule has 9 aromatic carbocycles. The molecule has 0 radical (unpaired) electrons. The zero-order valence-electron chi connectivity index (χ0n) is 36.5. The minimum atomic E-state index is -0.716. The highest BCUT2D eigenvalue weighted by Crippen LogP contribution is 2.59. The fourth-order valence-electron chi connectivity index (χ4n) is 10.7. The average Bonchev–Trinajstić information content (AvgIpc) is 3.38. The number of aryl methyl sites for hydroxylation is 2. The van der Waals surface area contributed by atoms with E-state index in [4.69, 9.17) is 24.4 Å². The molecule has 0 bridgehead atoms. The molecule has 2 aliphatic rings. The molecular weight excluding hydrogens is 807 g/mol. The smallest absolute Gasteiger partial charge is 0.167 e. The van der Waals surface area contributed by atoms with Crippen LogP contribution in [0.1, 0.15) is 55.6 Å². The summed E-state index contributed by atoms with van der Waals surface area (Å²) in [6, 6.07) is 78.7. The van der Waals surface area contributed by atoms with Crippen LogP contribution in [0.3, 0.4) is 0 Å². The summed E-state index contributed by atoms with van der Waals surface area (Å²) in [4.78, 5) is 16.3. The van der Waals surface area contributed by atoms with Gasteiger partial charge in [-0.15, -0.1) is 0 Å². The van der Waals surface area contributed by atoms with Gasteiger partial charge in [0, 0.05) is 27.8 Å². The van der Waals surface area contributed by atoms with Crippen molar-refractivity contribution in [1.82, 2.24) is 15.0 Å². The topological polar surface area (TPSA) is 57.1 Å². The van der Waals surface area contributed by atoms with Crippen LogP contribution in [0, 0.1) is 13.8 Å². The summed E-state index contributed by atoms with van der Waals surface area (Å²) in [6.45, 7) is 4.23. The lowest BCUT2D eigenvalue weighted by Crippen LogP contribution is -2.34. The van der Waals surface area contributed by atoms with Crippen LogP contribution in [0.4, 0.5) is 0 Å². The summed E-state index contributed by atoms with van der Waals surface area (Å²) < 4.78 is 14.3. The monoisotopic (exact) mass is 849 g/mol. The molecule has 314 valence electrons. The Bertz CT molecular complexity index is 3140. The molecule has 2 aliphatic heterocycles. The molecule has 0 spiro atoms. The summed E-state index contributed by atoms with van der Waals surface area (Å²) in [5, 5.41) is 0. The van der Waals surface area contributed by atoms with Crippen LogP contribution in [0.5, 0.6) is 23.0 Å². The molecule has 0 atom stereocenters. The van der Waals surface area contributed by atoms with Crippen molar-refractivity contribution in [1.29, 1.82) is 0 Å². The number of benzene rings is 9. The van der Waals surface area contributed by atoms with Gasteiger partial charge in [-0.05, 0) is 71.5 Å². The Morgan fingerprint density at radius 2 is 0.621 bits per heavy atom.